The van der Waals surface area contributed by atoms with Gasteiger partial charge in [-0.1, -0.05) is 32.4 Å². The summed E-state index contributed by atoms with van der Waals surface area (Å²) < 4.78 is 5.19. The Hall–Kier alpha value is -2.81. The highest BCUT2D eigenvalue weighted by Gasteiger charge is 2.42. The maximum atomic E-state index is 13.2. The van der Waals surface area contributed by atoms with Gasteiger partial charge in [-0.2, -0.15) is 0 Å². The first-order valence-electron chi connectivity index (χ1n) is 10.7. The second kappa shape index (κ2) is 9.99. The number of nitrogens with zero attached hydrogens (tertiary/aromatic N) is 1. The molecule has 0 radical (unpaired) electrons. The Bertz CT molecular complexity index is 935. The Morgan fingerprint density at radius 1 is 1.15 bits per heavy atom. The van der Waals surface area contributed by atoms with Gasteiger partial charge in [0.05, 0.1) is 10.7 Å². The summed E-state index contributed by atoms with van der Waals surface area (Å²) in [5.74, 6) is -2.03. The number of carbonyl (C=O) groups is 4. The van der Waals surface area contributed by atoms with Gasteiger partial charge >= 0.3 is 12.1 Å². The van der Waals surface area contributed by atoms with E-state index < -0.39 is 47.0 Å². The van der Waals surface area contributed by atoms with Crippen molar-refractivity contribution in [1.82, 2.24) is 10.2 Å². The predicted octanol–water partition coefficient (Wildman–Crippen LogP) is 3.91. The van der Waals surface area contributed by atoms with E-state index in [0.29, 0.717) is 19.4 Å². The summed E-state index contributed by atoms with van der Waals surface area (Å²) >= 11 is 6.24. The Labute approximate surface area is 198 Å². The molecule has 10 heteroatoms. The zero-order valence-corrected chi connectivity index (χ0v) is 20.6. The van der Waals surface area contributed by atoms with Crippen LogP contribution in [0.1, 0.15) is 64.7 Å². The Morgan fingerprint density at radius 3 is 2.30 bits per heavy atom. The number of rotatable bonds is 5. The van der Waals surface area contributed by atoms with Crippen LogP contribution in [0, 0.1) is 5.41 Å². The molecule has 1 saturated heterocycles. The van der Waals surface area contributed by atoms with Gasteiger partial charge in [-0.25, -0.2) is 9.59 Å². The number of aliphatic carboxylic acids is 1. The summed E-state index contributed by atoms with van der Waals surface area (Å²) in [6, 6.07) is 2.48. The molecule has 1 heterocycles. The number of anilines is 1. The molecule has 1 aliphatic heterocycles. The fraction of sp³-hybridized carbons (Fsp3) is 0.565. The number of amides is 3. The number of hydrogen-bond donors (Lipinski definition) is 3. The highest BCUT2D eigenvalue weighted by molar-refractivity contribution is 6.34. The minimum Gasteiger partial charge on any atom is -0.480 e. The van der Waals surface area contributed by atoms with Crippen LogP contribution in [0.4, 0.5) is 10.5 Å². The molecule has 2 atom stereocenters. The van der Waals surface area contributed by atoms with Crippen LogP contribution in [0.2, 0.25) is 5.02 Å². The lowest BCUT2D eigenvalue weighted by atomic mass is 9.85. The normalized spacial score (nSPS) is 17.3. The van der Waals surface area contributed by atoms with Crippen molar-refractivity contribution in [3.05, 3.63) is 28.8 Å². The van der Waals surface area contributed by atoms with Gasteiger partial charge in [0, 0.05) is 12.1 Å². The Morgan fingerprint density at radius 2 is 1.79 bits per heavy atom. The van der Waals surface area contributed by atoms with E-state index in [0.717, 1.165) is 0 Å². The van der Waals surface area contributed by atoms with Crippen LogP contribution < -0.4 is 10.6 Å². The average Bonchev–Trinajstić information content (AvgIpc) is 3.14. The monoisotopic (exact) mass is 481 g/mol. The number of hydrogen-bond acceptors (Lipinski definition) is 5. The molecule has 1 aliphatic rings. The lowest BCUT2D eigenvalue weighted by molar-refractivity contribution is -0.150. The minimum absolute atomic E-state index is 0.123. The highest BCUT2D eigenvalue weighted by atomic mass is 35.5. The second-order valence-electron chi connectivity index (χ2n) is 10.1. The second-order valence-corrected chi connectivity index (χ2v) is 10.5. The SMILES string of the molecule is CC(C)(C)OC(=O)Nc1ccc(C(=O)NC(C(=O)N2CCC[C@@H]2C(=O)O)C(C)(C)C)cc1Cl. The molecule has 33 heavy (non-hydrogen) atoms. The molecule has 9 nitrogen and oxygen atoms in total. The molecule has 182 valence electrons. The van der Waals surface area contributed by atoms with Gasteiger partial charge in [0.25, 0.3) is 5.91 Å². The highest BCUT2D eigenvalue weighted by Crippen LogP contribution is 2.27. The van der Waals surface area contributed by atoms with E-state index in [1.54, 1.807) is 41.5 Å². The summed E-state index contributed by atoms with van der Waals surface area (Å²) in [6.45, 7) is 10.9. The zero-order chi connectivity index (χ0) is 25.1. The molecule has 1 unspecified atom stereocenters. The first-order valence-corrected chi connectivity index (χ1v) is 11.1. The molecule has 0 saturated carbocycles. The van der Waals surface area contributed by atoms with Crippen LogP contribution in [0.25, 0.3) is 0 Å². The molecule has 0 spiro atoms. The fourth-order valence-corrected chi connectivity index (χ4v) is 3.72. The van der Waals surface area contributed by atoms with Crippen LogP contribution in [0.5, 0.6) is 0 Å². The molecule has 1 aromatic carbocycles. The number of carboxylic acid groups (broad SMARTS) is 1. The van der Waals surface area contributed by atoms with Gasteiger partial charge in [-0.3, -0.25) is 14.9 Å². The van der Waals surface area contributed by atoms with Crippen LogP contribution in [0.3, 0.4) is 0 Å². The Balaban J connectivity index is 2.18. The maximum Gasteiger partial charge on any atom is 0.412 e. The molecule has 0 aliphatic carbocycles. The van der Waals surface area contributed by atoms with Gasteiger partial charge < -0.3 is 20.1 Å². The van der Waals surface area contributed by atoms with E-state index in [9.17, 15) is 24.3 Å². The van der Waals surface area contributed by atoms with Gasteiger partial charge in [0.1, 0.15) is 17.7 Å². The first-order chi connectivity index (χ1) is 15.1. The van der Waals surface area contributed by atoms with Crippen LogP contribution >= 0.6 is 11.6 Å². The molecule has 1 aromatic rings. The lowest BCUT2D eigenvalue weighted by Gasteiger charge is -2.34. The third-order valence-electron chi connectivity index (χ3n) is 5.08. The minimum atomic E-state index is -1.06. The zero-order valence-electron chi connectivity index (χ0n) is 19.8. The average molecular weight is 482 g/mol. The van der Waals surface area contributed by atoms with Gasteiger partial charge in [0.15, 0.2) is 0 Å². The standard InChI is InChI=1S/C23H32ClN3O6/c1-22(2,3)17(19(29)27-11-7-8-16(27)20(30)31)26-18(28)13-9-10-15(14(24)12-13)25-21(32)33-23(4,5)6/h9-10,12,16-17H,7-8,11H2,1-6H3,(H,25,32)(H,26,28)(H,30,31)/t16-,17?/m1/s1. The van der Waals surface area contributed by atoms with Gasteiger partial charge in [0.2, 0.25) is 5.91 Å². The third-order valence-corrected chi connectivity index (χ3v) is 5.39. The number of halogens is 1. The number of carboxylic acids is 1. The van der Waals surface area contributed by atoms with E-state index >= 15 is 0 Å². The van der Waals surface area contributed by atoms with Crippen molar-refractivity contribution >= 4 is 41.2 Å². The molecule has 2 rings (SSSR count). The van der Waals surface area contributed by atoms with Gasteiger partial charge in [-0.05, 0) is 57.2 Å². The topological polar surface area (TPSA) is 125 Å². The Kier molecular flexibility index (Phi) is 8.00. The molecule has 1 fully saturated rings. The molecule has 3 amide bonds. The fourth-order valence-electron chi connectivity index (χ4n) is 3.49. The van der Waals surface area contributed by atoms with Crippen LogP contribution in [-0.4, -0.2) is 58.1 Å². The summed E-state index contributed by atoms with van der Waals surface area (Å²) in [4.78, 5) is 50.9. The van der Waals surface area contributed by atoms with Crippen molar-refractivity contribution in [3.63, 3.8) is 0 Å². The van der Waals surface area contributed by atoms with Crippen molar-refractivity contribution in [3.8, 4) is 0 Å². The van der Waals surface area contributed by atoms with Crippen molar-refractivity contribution < 1.29 is 29.0 Å². The maximum absolute atomic E-state index is 13.2. The summed E-state index contributed by atoms with van der Waals surface area (Å²) in [7, 11) is 0. The summed E-state index contributed by atoms with van der Waals surface area (Å²) in [6.07, 6.45) is 0.293. The predicted molar refractivity (Wildman–Crippen MR) is 124 cm³/mol. The summed E-state index contributed by atoms with van der Waals surface area (Å²) in [5, 5.41) is 14.8. The molecule has 0 bridgehead atoms. The summed E-state index contributed by atoms with van der Waals surface area (Å²) in [5.41, 5.74) is -0.888. The third kappa shape index (κ3) is 7.08. The van der Waals surface area contributed by atoms with Crippen molar-refractivity contribution in [1.29, 1.82) is 0 Å². The number of benzene rings is 1. The van der Waals surface area contributed by atoms with Crippen molar-refractivity contribution in [2.75, 3.05) is 11.9 Å². The quantitative estimate of drug-likeness (QED) is 0.585. The largest absolute Gasteiger partial charge is 0.480 e. The molecule has 0 aromatic heterocycles. The number of ether oxygens (including phenoxy) is 1. The smallest absolute Gasteiger partial charge is 0.412 e. The number of likely N-dealkylation sites (tertiary alicyclic amines) is 1. The first kappa shape index (κ1) is 26.4. The number of nitrogens with one attached hydrogen (secondary N) is 2. The molecular weight excluding hydrogens is 450 g/mol. The van der Waals surface area contributed by atoms with E-state index in [1.807, 2.05) is 0 Å². The van der Waals surface area contributed by atoms with Gasteiger partial charge in [-0.15, -0.1) is 0 Å². The lowest BCUT2D eigenvalue weighted by Crippen LogP contribution is -2.56. The van der Waals surface area contributed by atoms with E-state index in [4.69, 9.17) is 16.3 Å². The van der Waals surface area contributed by atoms with E-state index in [1.165, 1.54) is 23.1 Å². The van der Waals surface area contributed by atoms with Crippen molar-refractivity contribution in [2.45, 2.75) is 72.1 Å². The van der Waals surface area contributed by atoms with E-state index in [-0.39, 0.29) is 16.3 Å². The van der Waals surface area contributed by atoms with E-state index in [2.05, 4.69) is 10.6 Å². The van der Waals surface area contributed by atoms with Crippen LogP contribution in [-0.2, 0) is 14.3 Å². The molecular formula is C23H32ClN3O6. The number of carbonyl (C=O) groups excluding carboxylic acids is 3. The van der Waals surface area contributed by atoms with Crippen LogP contribution in [0.15, 0.2) is 18.2 Å². The van der Waals surface area contributed by atoms with Crippen molar-refractivity contribution in [2.24, 2.45) is 5.41 Å². The molecule has 3 N–H and O–H groups in total.